The Kier molecular flexibility index (Phi) is 7.68. The van der Waals surface area contributed by atoms with Crippen LogP contribution in [0.2, 0.25) is 0 Å². The molecule has 1 rings (SSSR count). The van der Waals surface area contributed by atoms with Crippen LogP contribution in [0, 0.1) is 22.7 Å². The van der Waals surface area contributed by atoms with Gasteiger partial charge in [-0.3, -0.25) is 0 Å². The first-order valence-electron chi connectivity index (χ1n) is 8.50. The van der Waals surface area contributed by atoms with Crippen molar-refractivity contribution in [3.05, 3.63) is 47.2 Å². The summed E-state index contributed by atoms with van der Waals surface area (Å²) in [6.45, 7) is 9.13. The lowest BCUT2D eigenvalue weighted by molar-refractivity contribution is 0.0510. The molecule has 26 heavy (non-hydrogen) atoms. The Morgan fingerprint density at radius 3 is 2.15 bits per heavy atom. The lowest BCUT2D eigenvalue weighted by atomic mass is 10.00. The number of nitrogens with zero attached hydrogens (tertiary/aromatic N) is 2. The van der Waals surface area contributed by atoms with Gasteiger partial charge in [0.2, 0.25) is 0 Å². The summed E-state index contributed by atoms with van der Waals surface area (Å²) in [5.74, 6) is 0. The van der Waals surface area contributed by atoms with Crippen LogP contribution in [0.5, 0.6) is 0 Å². The second-order valence-corrected chi connectivity index (χ2v) is 7.20. The molecule has 138 valence electrons. The van der Waals surface area contributed by atoms with E-state index in [-0.39, 0.29) is 11.6 Å². The van der Waals surface area contributed by atoms with E-state index in [1.54, 1.807) is 20.8 Å². The Morgan fingerprint density at radius 1 is 1.12 bits per heavy atom. The number of nitrogens with one attached hydrogen (secondary N) is 2. The number of rotatable bonds is 6. The molecule has 0 saturated carbocycles. The number of amides is 1. The van der Waals surface area contributed by atoms with E-state index in [1.807, 2.05) is 56.3 Å². The Balaban J connectivity index is 3.23. The number of nitriles is 2. The first kappa shape index (κ1) is 21.1. The van der Waals surface area contributed by atoms with Crippen molar-refractivity contribution >= 4 is 6.09 Å². The average Bonchev–Trinajstić information content (AvgIpc) is 2.53. The standard InChI is InChI=1S/C20H26N4O2/c1-14(2)23-18(16(12-21)13-22)17(11-15-9-7-6-8-10-15)24-19(25)26-20(3,4)5/h6-10,14,17,23H,11H2,1-5H3,(H,24,25)/t17-/m0/s1. The van der Waals surface area contributed by atoms with Gasteiger partial charge in [-0.05, 0) is 46.6 Å². The molecular formula is C20H26N4O2. The molecule has 1 aromatic carbocycles. The minimum atomic E-state index is -0.649. The highest BCUT2D eigenvalue weighted by atomic mass is 16.6. The summed E-state index contributed by atoms with van der Waals surface area (Å²) in [6.07, 6.45) is -0.182. The predicted molar refractivity (Wildman–Crippen MR) is 99.8 cm³/mol. The maximum absolute atomic E-state index is 12.3. The van der Waals surface area contributed by atoms with E-state index in [1.165, 1.54) is 0 Å². The van der Waals surface area contributed by atoms with Crippen LogP contribution in [0.1, 0.15) is 40.2 Å². The van der Waals surface area contributed by atoms with Crippen molar-refractivity contribution in [3.63, 3.8) is 0 Å². The van der Waals surface area contributed by atoms with Crippen molar-refractivity contribution in [2.45, 2.75) is 58.7 Å². The number of alkyl carbamates (subject to hydrolysis) is 1. The second kappa shape index (κ2) is 9.48. The molecule has 1 amide bonds. The fourth-order valence-corrected chi connectivity index (χ4v) is 2.33. The third kappa shape index (κ3) is 7.27. The summed E-state index contributed by atoms with van der Waals surface area (Å²) in [5.41, 5.74) is 0.645. The molecule has 1 aromatic rings. The first-order valence-corrected chi connectivity index (χ1v) is 8.50. The molecule has 0 bridgehead atoms. The highest BCUT2D eigenvalue weighted by Gasteiger charge is 2.25. The van der Waals surface area contributed by atoms with Crippen LogP contribution >= 0.6 is 0 Å². The Hall–Kier alpha value is -2.99. The molecular weight excluding hydrogens is 328 g/mol. The minimum absolute atomic E-state index is 0.0135. The second-order valence-electron chi connectivity index (χ2n) is 7.20. The normalized spacial score (nSPS) is 11.7. The molecule has 0 aliphatic heterocycles. The van der Waals surface area contributed by atoms with Gasteiger partial charge in [0, 0.05) is 6.04 Å². The van der Waals surface area contributed by atoms with E-state index in [0.717, 1.165) is 5.56 Å². The number of hydrogen-bond acceptors (Lipinski definition) is 5. The summed E-state index contributed by atoms with van der Waals surface area (Å²) in [5, 5.41) is 24.6. The zero-order chi connectivity index (χ0) is 19.7. The molecule has 1 atom stereocenters. The first-order chi connectivity index (χ1) is 12.2. The van der Waals surface area contributed by atoms with Crippen LogP contribution in [-0.2, 0) is 11.2 Å². The third-order valence-corrected chi connectivity index (χ3v) is 3.26. The Morgan fingerprint density at radius 2 is 1.69 bits per heavy atom. The zero-order valence-electron chi connectivity index (χ0n) is 16.0. The Labute approximate surface area is 155 Å². The quantitative estimate of drug-likeness (QED) is 0.763. The summed E-state index contributed by atoms with van der Waals surface area (Å²) in [4.78, 5) is 12.3. The van der Waals surface area contributed by atoms with E-state index >= 15 is 0 Å². The van der Waals surface area contributed by atoms with Gasteiger partial charge in [-0.25, -0.2) is 4.79 Å². The van der Waals surface area contributed by atoms with Crippen molar-refractivity contribution < 1.29 is 9.53 Å². The molecule has 0 radical (unpaired) electrons. The van der Waals surface area contributed by atoms with E-state index < -0.39 is 17.7 Å². The van der Waals surface area contributed by atoms with Crippen molar-refractivity contribution in [2.75, 3.05) is 0 Å². The van der Waals surface area contributed by atoms with E-state index in [4.69, 9.17) is 4.74 Å². The van der Waals surface area contributed by atoms with Gasteiger partial charge in [0.1, 0.15) is 17.7 Å². The molecule has 0 aliphatic rings. The molecule has 6 nitrogen and oxygen atoms in total. The smallest absolute Gasteiger partial charge is 0.408 e. The van der Waals surface area contributed by atoms with Gasteiger partial charge < -0.3 is 15.4 Å². The number of ether oxygens (including phenoxy) is 1. The van der Waals surface area contributed by atoms with Crippen molar-refractivity contribution in [1.82, 2.24) is 10.6 Å². The predicted octanol–water partition coefficient (Wildman–Crippen LogP) is 3.42. The molecule has 6 heteroatoms. The number of carbonyl (C=O) groups excluding carboxylic acids is 1. The summed E-state index contributed by atoms with van der Waals surface area (Å²) < 4.78 is 5.34. The highest BCUT2D eigenvalue weighted by Crippen LogP contribution is 2.15. The van der Waals surface area contributed by atoms with E-state index in [9.17, 15) is 15.3 Å². The summed E-state index contributed by atoms with van der Waals surface area (Å²) >= 11 is 0. The van der Waals surface area contributed by atoms with Gasteiger partial charge in [0.25, 0.3) is 0 Å². The number of hydrogen-bond donors (Lipinski definition) is 2. The number of allylic oxidation sites excluding steroid dienone is 1. The van der Waals surface area contributed by atoms with Gasteiger partial charge in [0.05, 0.1) is 11.7 Å². The molecule has 0 aromatic heterocycles. The molecule has 0 saturated heterocycles. The molecule has 0 aliphatic carbocycles. The monoisotopic (exact) mass is 354 g/mol. The number of benzene rings is 1. The maximum Gasteiger partial charge on any atom is 0.408 e. The maximum atomic E-state index is 12.3. The van der Waals surface area contributed by atoms with Gasteiger partial charge in [-0.15, -0.1) is 0 Å². The van der Waals surface area contributed by atoms with Gasteiger partial charge >= 0.3 is 6.09 Å². The Bertz CT molecular complexity index is 703. The van der Waals surface area contributed by atoms with Crippen LogP contribution in [0.15, 0.2) is 41.6 Å². The number of carbonyl (C=O) groups is 1. The lowest BCUT2D eigenvalue weighted by Gasteiger charge is -2.27. The van der Waals surface area contributed by atoms with Gasteiger partial charge in [0.15, 0.2) is 5.57 Å². The van der Waals surface area contributed by atoms with Crippen LogP contribution in [-0.4, -0.2) is 23.8 Å². The van der Waals surface area contributed by atoms with Crippen molar-refractivity contribution in [3.8, 4) is 12.1 Å². The lowest BCUT2D eigenvalue weighted by Crippen LogP contribution is -2.45. The zero-order valence-corrected chi connectivity index (χ0v) is 16.0. The largest absolute Gasteiger partial charge is 0.444 e. The van der Waals surface area contributed by atoms with Gasteiger partial charge in [-0.1, -0.05) is 30.3 Å². The van der Waals surface area contributed by atoms with Crippen LogP contribution in [0.25, 0.3) is 0 Å². The molecule has 0 fully saturated rings. The minimum Gasteiger partial charge on any atom is -0.444 e. The molecule has 0 unspecified atom stereocenters. The van der Waals surface area contributed by atoms with Crippen LogP contribution < -0.4 is 10.6 Å². The summed E-state index contributed by atoms with van der Waals surface area (Å²) in [7, 11) is 0. The SMILES string of the molecule is CC(C)NC(=C(C#N)C#N)[C@H](Cc1ccccc1)NC(=O)OC(C)(C)C. The molecule has 2 N–H and O–H groups in total. The van der Waals surface area contributed by atoms with Crippen LogP contribution in [0.4, 0.5) is 4.79 Å². The fraction of sp³-hybridized carbons (Fsp3) is 0.450. The third-order valence-electron chi connectivity index (χ3n) is 3.26. The van der Waals surface area contributed by atoms with Crippen molar-refractivity contribution in [1.29, 1.82) is 10.5 Å². The topological polar surface area (TPSA) is 97.9 Å². The highest BCUT2D eigenvalue weighted by molar-refractivity contribution is 5.69. The van der Waals surface area contributed by atoms with E-state index in [0.29, 0.717) is 12.1 Å². The molecule has 0 spiro atoms. The van der Waals surface area contributed by atoms with Gasteiger partial charge in [-0.2, -0.15) is 10.5 Å². The van der Waals surface area contributed by atoms with E-state index in [2.05, 4.69) is 10.6 Å². The molecule has 0 heterocycles. The average molecular weight is 354 g/mol. The fourth-order valence-electron chi connectivity index (χ4n) is 2.33. The van der Waals surface area contributed by atoms with Crippen LogP contribution in [0.3, 0.4) is 0 Å². The van der Waals surface area contributed by atoms with Crippen molar-refractivity contribution in [2.24, 2.45) is 0 Å². The summed E-state index contributed by atoms with van der Waals surface area (Å²) in [6, 6.07) is 12.8.